The van der Waals surface area contributed by atoms with Gasteiger partial charge in [-0.3, -0.25) is 0 Å². The van der Waals surface area contributed by atoms with Crippen molar-refractivity contribution >= 4 is 43.2 Å². The zero-order valence-electron chi connectivity index (χ0n) is 12.1. The zero-order chi connectivity index (χ0) is 14.8. The standard InChI is InChI=1S/C17H17BrN2S/c1-3-15(12-5-4-6-13(18)9-12)20-14-7-8-16-17(10-14)21-11(2)19-16/h4-10,15,20H,3H2,1-2H3. The largest absolute Gasteiger partial charge is 0.378 e. The molecule has 1 heterocycles. The molecule has 2 nitrogen and oxygen atoms in total. The van der Waals surface area contributed by atoms with Crippen LogP contribution in [-0.4, -0.2) is 4.98 Å². The lowest BCUT2D eigenvalue weighted by Gasteiger charge is -2.19. The van der Waals surface area contributed by atoms with Crippen molar-refractivity contribution in [3.05, 3.63) is 57.5 Å². The van der Waals surface area contributed by atoms with Gasteiger partial charge in [0.15, 0.2) is 0 Å². The van der Waals surface area contributed by atoms with Gasteiger partial charge < -0.3 is 5.32 Å². The molecule has 0 spiro atoms. The lowest BCUT2D eigenvalue weighted by Crippen LogP contribution is -2.09. The molecule has 0 amide bonds. The van der Waals surface area contributed by atoms with Crippen LogP contribution < -0.4 is 5.32 Å². The van der Waals surface area contributed by atoms with E-state index in [9.17, 15) is 0 Å². The number of anilines is 1. The van der Waals surface area contributed by atoms with E-state index in [1.165, 1.54) is 10.3 Å². The fourth-order valence-electron chi connectivity index (χ4n) is 2.48. The van der Waals surface area contributed by atoms with Gasteiger partial charge >= 0.3 is 0 Å². The Kier molecular flexibility index (Phi) is 4.27. The van der Waals surface area contributed by atoms with Crippen LogP contribution in [0.3, 0.4) is 0 Å². The molecule has 3 aromatic rings. The van der Waals surface area contributed by atoms with Gasteiger partial charge in [-0.15, -0.1) is 11.3 Å². The molecule has 0 aliphatic carbocycles. The van der Waals surface area contributed by atoms with Crippen LogP contribution in [0.4, 0.5) is 5.69 Å². The lowest BCUT2D eigenvalue weighted by molar-refractivity contribution is 0.749. The summed E-state index contributed by atoms with van der Waals surface area (Å²) in [4.78, 5) is 4.51. The number of fused-ring (bicyclic) bond motifs is 1. The smallest absolute Gasteiger partial charge is 0.0907 e. The number of aryl methyl sites for hydroxylation is 1. The molecule has 21 heavy (non-hydrogen) atoms. The molecule has 108 valence electrons. The van der Waals surface area contributed by atoms with E-state index in [1.807, 2.05) is 6.92 Å². The van der Waals surface area contributed by atoms with Crippen molar-refractivity contribution in [2.24, 2.45) is 0 Å². The predicted molar refractivity (Wildman–Crippen MR) is 95.2 cm³/mol. The van der Waals surface area contributed by atoms with Crippen LogP contribution in [0.2, 0.25) is 0 Å². The molecule has 0 fully saturated rings. The van der Waals surface area contributed by atoms with Crippen molar-refractivity contribution in [1.29, 1.82) is 0 Å². The van der Waals surface area contributed by atoms with Crippen molar-refractivity contribution in [2.45, 2.75) is 26.3 Å². The van der Waals surface area contributed by atoms with Gasteiger partial charge in [0, 0.05) is 10.2 Å². The fraction of sp³-hybridized carbons (Fsp3) is 0.235. The molecule has 4 heteroatoms. The molecule has 3 rings (SSSR count). The monoisotopic (exact) mass is 360 g/mol. The summed E-state index contributed by atoms with van der Waals surface area (Å²) in [6.45, 7) is 4.25. The molecular weight excluding hydrogens is 344 g/mol. The second-order valence-corrected chi connectivity index (χ2v) is 7.23. The van der Waals surface area contributed by atoms with Crippen LogP contribution in [0.15, 0.2) is 46.9 Å². The van der Waals surface area contributed by atoms with Crippen LogP contribution in [0.25, 0.3) is 10.2 Å². The molecular formula is C17H17BrN2S. The molecule has 0 saturated heterocycles. The van der Waals surface area contributed by atoms with Gasteiger partial charge in [0.1, 0.15) is 0 Å². The highest BCUT2D eigenvalue weighted by Crippen LogP contribution is 2.29. The average molecular weight is 361 g/mol. The van der Waals surface area contributed by atoms with Gasteiger partial charge in [0.2, 0.25) is 0 Å². The quantitative estimate of drug-likeness (QED) is 0.623. The second kappa shape index (κ2) is 6.16. The Hall–Kier alpha value is -1.39. The van der Waals surface area contributed by atoms with Crippen molar-refractivity contribution in [3.8, 4) is 0 Å². The highest BCUT2D eigenvalue weighted by Gasteiger charge is 2.10. The number of benzene rings is 2. The molecule has 0 bridgehead atoms. The first-order chi connectivity index (χ1) is 10.2. The van der Waals surface area contributed by atoms with Crippen molar-refractivity contribution in [1.82, 2.24) is 4.98 Å². The first-order valence-electron chi connectivity index (χ1n) is 7.05. The Morgan fingerprint density at radius 1 is 1.24 bits per heavy atom. The Morgan fingerprint density at radius 2 is 2.10 bits per heavy atom. The van der Waals surface area contributed by atoms with Crippen LogP contribution in [0, 0.1) is 6.92 Å². The molecule has 2 aromatic carbocycles. The number of hydrogen-bond acceptors (Lipinski definition) is 3. The molecule has 0 aliphatic heterocycles. The summed E-state index contributed by atoms with van der Waals surface area (Å²) in [6.07, 6.45) is 1.04. The minimum absolute atomic E-state index is 0.314. The minimum Gasteiger partial charge on any atom is -0.378 e. The van der Waals surface area contributed by atoms with Gasteiger partial charge in [0.25, 0.3) is 0 Å². The summed E-state index contributed by atoms with van der Waals surface area (Å²) in [5, 5.41) is 4.74. The number of hydrogen-bond donors (Lipinski definition) is 1. The van der Waals surface area contributed by atoms with Gasteiger partial charge in [-0.2, -0.15) is 0 Å². The molecule has 0 aliphatic rings. The molecule has 0 saturated carbocycles. The molecule has 1 unspecified atom stereocenters. The number of aromatic nitrogens is 1. The molecule has 0 radical (unpaired) electrons. The van der Waals surface area contributed by atoms with E-state index in [0.29, 0.717) is 6.04 Å². The van der Waals surface area contributed by atoms with Crippen molar-refractivity contribution in [3.63, 3.8) is 0 Å². The molecule has 1 atom stereocenters. The number of thiazole rings is 1. The molecule has 1 N–H and O–H groups in total. The highest BCUT2D eigenvalue weighted by atomic mass is 79.9. The van der Waals surface area contributed by atoms with Crippen LogP contribution >= 0.6 is 27.3 Å². The predicted octanol–water partition coefficient (Wildman–Crippen LogP) is 5.93. The van der Waals surface area contributed by atoms with Crippen LogP contribution in [0.1, 0.15) is 30.0 Å². The number of rotatable bonds is 4. The van der Waals surface area contributed by atoms with E-state index in [2.05, 4.69) is 75.6 Å². The number of halogens is 1. The van der Waals surface area contributed by atoms with Crippen molar-refractivity contribution in [2.75, 3.05) is 5.32 Å². The van der Waals surface area contributed by atoms with Crippen LogP contribution in [0.5, 0.6) is 0 Å². The third-order valence-electron chi connectivity index (χ3n) is 3.50. The average Bonchev–Trinajstić information content (AvgIpc) is 2.84. The summed E-state index contributed by atoms with van der Waals surface area (Å²) in [5.74, 6) is 0. The number of nitrogens with one attached hydrogen (secondary N) is 1. The lowest BCUT2D eigenvalue weighted by atomic mass is 10.0. The first-order valence-corrected chi connectivity index (χ1v) is 8.66. The molecule has 1 aromatic heterocycles. The Labute approximate surface area is 137 Å². The third-order valence-corrected chi connectivity index (χ3v) is 4.92. The Balaban J connectivity index is 1.88. The fourth-order valence-corrected chi connectivity index (χ4v) is 3.76. The second-order valence-electron chi connectivity index (χ2n) is 5.08. The summed E-state index contributed by atoms with van der Waals surface area (Å²) in [7, 11) is 0. The van der Waals surface area contributed by atoms with E-state index in [1.54, 1.807) is 11.3 Å². The maximum atomic E-state index is 4.51. The normalized spacial score (nSPS) is 12.5. The van der Waals surface area contributed by atoms with Crippen molar-refractivity contribution < 1.29 is 0 Å². The summed E-state index contributed by atoms with van der Waals surface area (Å²) in [6, 6.07) is 15.2. The SMILES string of the molecule is CCC(Nc1ccc2nc(C)sc2c1)c1cccc(Br)c1. The van der Waals surface area contributed by atoms with E-state index in [-0.39, 0.29) is 0 Å². The zero-order valence-corrected chi connectivity index (χ0v) is 14.5. The topological polar surface area (TPSA) is 24.9 Å². The maximum absolute atomic E-state index is 4.51. The highest BCUT2D eigenvalue weighted by molar-refractivity contribution is 9.10. The van der Waals surface area contributed by atoms with E-state index in [0.717, 1.165) is 27.1 Å². The minimum atomic E-state index is 0.314. The van der Waals surface area contributed by atoms with Gasteiger partial charge in [-0.25, -0.2) is 4.98 Å². The van der Waals surface area contributed by atoms with Gasteiger partial charge in [-0.1, -0.05) is 35.0 Å². The van der Waals surface area contributed by atoms with Gasteiger partial charge in [-0.05, 0) is 49.2 Å². The van der Waals surface area contributed by atoms with Gasteiger partial charge in [0.05, 0.1) is 21.3 Å². The Morgan fingerprint density at radius 3 is 2.86 bits per heavy atom. The maximum Gasteiger partial charge on any atom is 0.0907 e. The van der Waals surface area contributed by atoms with Crippen LogP contribution in [-0.2, 0) is 0 Å². The summed E-state index contributed by atoms with van der Waals surface area (Å²) in [5.41, 5.74) is 3.53. The first kappa shape index (κ1) is 14.5. The summed E-state index contributed by atoms with van der Waals surface area (Å²) < 4.78 is 2.36. The van der Waals surface area contributed by atoms with E-state index >= 15 is 0 Å². The van der Waals surface area contributed by atoms with E-state index < -0.39 is 0 Å². The Bertz CT molecular complexity index is 766. The summed E-state index contributed by atoms with van der Waals surface area (Å²) >= 11 is 5.29. The third kappa shape index (κ3) is 3.27. The van der Waals surface area contributed by atoms with E-state index in [4.69, 9.17) is 0 Å². The number of nitrogens with zero attached hydrogens (tertiary/aromatic N) is 1.